The number of fused-ring (bicyclic) bond motifs is 1. The summed E-state index contributed by atoms with van der Waals surface area (Å²) >= 11 is 5.98. The molecular formula is C17H10ClFNO3-. The molecule has 0 N–H and O–H groups in total. The van der Waals surface area contributed by atoms with Gasteiger partial charge in [-0.2, -0.15) is 0 Å². The lowest BCUT2D eigenvalue weighted by Crippen LogP contribution is -2.22. The number of aromatic nitrogens is 1. The molecule has 0 atom stereocenters. The van der Waals surface area contributed by atoms with Crippen LogP contribution in [0.4, 0.5) is 4.39 Å². The molecule has 0 aliphatic carbocycles. The summed E-state index contributed by atoms with van der Waals surface area (Å²) in [5.41, 5.74) is 1.33. The number of aliphatic carboxylic acids is 1. The Morgan fingerprint density at radius 2 is 2.04 bits per heavy atom. The molecule has 0 aliphatic rings. The topological polar surface area (TPSA) is 66.2 Å². The van der Waals surface area contributed by atoms with E-state index in [1.54, 1.807) is 24.3 Å². The summed E-state index contributed by atoms with van der Waals surface area (Å²) in [6.07, 6.45) is 0.843. The van der Waals surface area contributed by atoms with Crippen LogP contribution in [-0.4, -0.2) is 11.0 Å². The normalized spacial score (nSPS) is 11.8. The fourth-order valence-corrected chi connectivity index (χ4v) is 2.39. The molecule has 0 radical (unpaired) electrons. The van der Waals surface area contributed by atoms with Crippen molar-refractivity contribution in [3.05, 3.63) is 64.8 Å². The molecule has 0 saturated heterocycles. The molecule has 1 heterocycles. The molecule has 1 aromatic heterocycles. The minimum atomic E-state index is -1.33. The molecule has 0 bridgehead atoms. The Hall–Kier alpha value is -2.66. The smallest absolute Gasteiger partial charge is 0.223 e. The quantitative estimate of drug-likeness (QED) is 0.736. The Kier molecular flexibility index (Phi) is 4.12. The van der Waals surface area contributed by atoms with Crippen molar-refractivity contribution in [1.29, 1.82) is 0 Å². The Balaban J connectivity index is 2.14. The highest BCUT2D eigenvalue weighted by atomic mass is 35.5. The highest BCUT2D eigenvalue weighted by Crippen LogP contribution is 2.28. The molecule has 0 aliphatic heterocycles. The first-order valence-corrected chi connectivity index (χ1v) is 7.13. The molecule has 3 rings (SSSR count). The first-order valence-electron chi connectivity index (χ1n) is 6.75. The molecule has 116 valence electrons. The lowest BCUT2D eigenvalue weighted by Gasteiger charge is -2.06. The first-order chi connectivity index (χ1) is 11.0. The van der Waals surface area contributed by atoms with Gasteiger partial charge in [0.25, 0.3) is 0 Å². The van der Waals surface area contributed by atoms with Crippen LogP contribution >= 0.6 is 11.6 Å². The number of para-hydroxylation sites is 2. The molecule has 0 amide bonds. The highest BCUT2D eigenvalue weighted by molar-refractivity contribution is 6.32. The number of hydrogen-bond acceptors (Lipinski definition) is 4. The van der Waals surface area contributed by atoms with Crippen molar-refractivity contribution in [2.45, 2.75) is 6.42 Å². The van der Waals surface area contributed by atoms with Gasteiger partial charge in [0.05, 0.1) is 5.02 Å². The van der Waals surface area contributed by atoms with E-state index in [0.29, 0.717) is 11.1 Å². The fourth-order valence-electron chi connectivity index (χ4n) is 2.18. The fraction of sp³-hybridized carbons (Fsp3) is 0.0588. The maximum Gasteiger partial charge on any atom is 0.223 e. The van der Waals surface area contributed by atoms with Crippen LogP contribution in [0.1, 0.15) is 17.9 Å². The minimum Gasteiger partial charge on any atom is -0.550 e. The van der Waals surface area contributed by atoms with Crippen LogP contribution in [0.25, 0.3) is 22.7 Å². The maximum atomic E-state index is 13.9. The van der Waals surface area contributed by atoms with Crippen LogP contribution in [-0.2, 0) is 4.79 Å². The van der Waals surface area contributed by atoms with Crippen molar-refractivity contribution in [1.82, 2.24) is 4.98 Å². The van der Waals surface area contributed by atoms with Crippen LogP contribution < -0.4 is 5.11 Å². The summed E-state index contributed by atoms with van der Waals surface area (Å²) < 4.78 is 19.5. The molecule has 0 saturated carbocycles. The average molecular weight is 331 g/mol. The molecule has 6 heteroatoms. The molecule has 4 nitrogen and oxygen atoms in total. The number of carbonyl (C=O) groups excluding carboxylic acids is 1. The van der Waals surface area contributed by atoms with Crippen molar-refractivity contribution in [2.24, 2.45) is 0 Å². The standard InChI is InChI=1S/C17H11ClFNO3/c18-12-4-3-5-13(19)11(12)8-10(9-16(21)22)17-20-14-6-1-2-7-15(14)23-17/h1-8H,9H2,(H,21,22)/p-1/b10-8+. The SMILES string of the molecule is O=C([O-])C/C(=C\c1c(F)cccc1Cl)c1nc2ccccc2o1. The third-order valence-electron chi connectivity index (χ3n) is 3.22. The van der Waals surface area contributed by atoms with Gasteiger partial charge in [-0.3, -0.25) is 0 Å². The number of halogens is 2. The summed E-state index contributed by atoms with van der Waals surface area (Å²) in [6.45, 7) is 0. The zero-order chi connectivity index (χ0) is 16.4. The maximum absolute atomic E-state index is 13.9. The van der Waals surface area contributed by atoms with Crippen LogP contribution in [0.15, 0.2) is 46.9 Å². The summed E-state index contributed by atoms with van der Waals surface area (Å²) in [5, 5.41) is 11.2. The second kappa shape index (κ2) is 6.22. The van der Waals surface area contributed by atoms with E-state index >= 15 is 0 Å². The average Bonchev–Trinajstić information content (AvgIpc) is 2.93. The Morgan fingerprint density at radius 1 is 1.26 bits per heavy atom. The first kappa shape index (κ1) is 15.2. The number of oxazole rings is 1. The number of carboxylic acid groups (broad SMARTS) is 1. The summed E-state index contributed by atoms with van der Waals surface area (Å²) in [6, 6.07) is 11.2. The number of carbonyl (C=O) groups is 1. The van der Waals surface area contributed by atoms with Gasteiger partial charge in [0, 0.05) is 23.5 Å². The summed E-state index contributed by atoms with van der Waals surface area (Å²) in [5.74, 6) is -1.80. The highest BCUT2D eigenvalue weighted by Gasteiger charge is 2.14. The predicted molar refractivity (Wildman–Crippen MR) is 82.9 cm³/mol. The lowest BCUT2D eigenvalue weighted by molar-refractivity contribution is -0.304. The third kappa shape index (κ3) is 3.24. The third-order valence-corrected chi connectivity index (χ3v) is 3.55. The Morgan fingerprint density at radius 3 is 2.74 bits per heavy atom. The van der Waals surface area contributed by atoms with Gasteiger partial charge in [0.2, 0.25) is 5.89 Å². The lowest BCUT2D eigenvalue weighted by atomic mass is 10.1. The molecule has 2 aromatic carbocycles. The van der Waals surface area contributed by atoms with Gasteiger partial charge in [0.1, 0.15) is 11.3 Å². The van der Waals surface area contributed by atoms with E-state index in [-0.39, 0.29) is 22.0 Å². The number of rotatable bonds is 4. The second-order valence-electron chi connectivity index (χ2n) is 4.84. The van der Waals surface area contributed by atoms with Crippen molar-refractivity contribution < 1.29 is 18.7 Å². The number of hydrogen-bond donors (Lipinski definition) is 0. The Labute approximate surface area is 135 Å². The van der Waals surface area contributed by atoms with E-state index in [4.69, 9.17) is 16.0 Å². The Bertz CT molecular complexity index is 864. The van der Waals surface area contributed by atoms with Gasteiger partial charge in [-0.15, -0.1) is 0 Å². The second-order valence-corrected chi connectivity index (χ2v) is 5.25. The number of carboxylic acids is 1. The zero-order valence-electron chi connectivity index (χ0n) is 11.8. The largest absolute Gasteiger partial charge is 0.550 e. The van der Waals surface area contributed by atoms with Gasteiger partial charge in [-0.05, 0) is 30.3 Å². The van der Waals surface area contributed by atoms with Gasteiger partial charge >= 0.3 is 0 Å². The summed E-state index contributed by atoms with van der Waals surface area (Å²) in [4.78, 5) is 15.2. The molecule has 0 spiro atoms. The van der Waals surface area contributed by atoms with Gasteiger partial charge in [-0.1, -0.05) is 29.8 Å². The number of benzene rings is 2. The van der Waals surface area contributed by atoms with E-state index in [9.17, 15) is 14.3 Å². The van der Waals surface area contributed by atoms with E-state index in [1.807, 2.05) is 0 Å². The van der Waals surface area contributed by atoms with E-state index in [0.717, 1.165) is 0 Å². The van der Waals surface area contributed by atoms with Crippen LogP contribution in [0.2, 0.25) is 5.02 Å². The van der Waals surface area contributed by atoms with E-state index in [2.05, 4.69) is 4.98 Å². The van der Waals surface area contributed by atoms with Gasteiger partial charge < -0.3 is 14.3 Å². The molecule has 0 fully saturated rings. The van der Waals surface area contributed by atoms with Crippen LogP contribution in [0.3, 0.4) is 0 Å². The van der Waals surface area contributed by atoms with Crippen LogP contribution in [0, 0.1) is 5.82 Å². The molecule has 0 unspecified atom stereocenters. The van der Waals surface area contributed by atoms with Gasteiger partial charge in [-0.25, -0.2) is 9.37 Å². The van der Waals surface area contributed by atoms with E-state index in [1.165, 1.54) is 24.3 Å². The minimum absolute atomic E-state index is 0.0765. The molecule has 3 aromatic rings. The monoisotopic (exact) mass is 330 g/mol. The zero-order valence-corrected chi connectivity index (χ0v) is 12.5. The van der Waals surface area contributed by atoms with Crippen molar-refractivity contribution >= 4 is 40.3 Å². The molecule has 23 heavy (non-hydrogen) atoms. The van der Waals surface area contributed by atoms with E-state index < -0.39 is 18.2 Å². The predicted octanol–water partition coefficient (Wildman–Crippen LogP) is 3.30. The molecular weight excluding hydrogens is 321 g/mol. The van der Waals surface area contributed by atoms with Crippen molar-refractivity contribution in [2.75, 3.05) is 0 Å². The van der Waals surface area contributed by atoms with Crippen LogP contribution in [0.5, 0.6) is 0 Å². The van der Waals surface area contributed by atoms with Crippen molar-refractivity contribution in [3.63, 3.8) is 0 Å². The number of nitrogens with zero attached hydrogens (tertiary/aromatic N) is 1. The summed E-state index contributed by atoms with van der Waals surface area (Å²) in [7, 11) is 0. The van der Waals surface area contributed by atoms with Crippen molar-refractivity contribution in [3.8, 4) is 0 Å². The van der Waals surface area contributed by atoms with Gasteiger partial charge in [0.15, 0.2) is 5.58 Å².